The molecule has 5 nitrogen and oxygen atoms in total. The number of fused-ring (bicyclic) bond motifs is 1. The van der Waals surface area contributed by atoms with Crippen LogP contribution in [0.4, 0.5) is 5.69 Å². The third-order valence-electron chi connectivity index (χ3n) is 4.73. The summed E-state index contributed by atoms with van der Waals surface area (Å²) in [6, 6.07) is 10.7. The topological polar surface area (TPSA) is 75.3 Å². The van der Waals surface area contributed by atoms with Gasteiger partial charge in [-0.25, -0.2) is 8.42 Å². The van der Waals surface area contributed by atoms with Crippen molar-refractivity contribution in [3.05, 3.63) is 63.7 Å². The Morgan fingerprint density at radius 1 is 1.07 bits per heavy atom. The minimum absolute atomic E-state index is 0.188. The van der Waals surface area contributed by atoms with Crippen LogP contribution in [0.3, 0.4) is 0 Å². The lowest BCUT2D eigenvalue weighted by Gasteiger charge is -2.20. The molecule has 0 heterocycles. The first-order valence-corrected chi connectivity index (χ1v) is 11.2. The Morgan fingerprint density at radius 2 is 1.78 bits per heavy atom. The van der Waals surface area contributed by atoms with Gasteiger partial charge in [-0.05, 0) is 67.5 Å². The average molecular weight is 407 g/mol. The number of nitrogens with one attached hydrogen (secondary N) is 2. The molecule has 0 saturated carbocycles. The normalized spacial score (nSPS) is 14.9. The van der Waals surface area contributed by atoms with Crippen molar-refractivity contribution >= 4 is 33.2 Å². The van der Waals surface area contributed by atoms with E-state index in [4.69, 9.17) is 11.6 Å². The summed E-state index contributed by atoms with van der Waals surface area (Å²) in [6.07, 6.45) is 5.68. The second-order valence-electron chi connectivity index (χ2n) is 7.00. The quantitative estimate of drug-likeness (QED) is 0.785. The molecule has 3 rings (SSSR count). The van der Waals surface area contributed by atoms with Gasteiger partial charge in [-0.1, -0.05) is 29.8 Å². The van der Waals surface area contributed by atoms with E-state index in [-0.39, 0.29) is 22.5 Å². The number of benzene rings is 2. The fraction of sp³-hybridized carbons (Fsp3) is 0.350. The molecule has 27 heavy (non-hydrogen) atoms. The van der Waals surface area contributed by atoms with Gasteiger partial charge >= 0.3 is 0 Å². The molecule has 1 amide bonds. The van der Waals surface area contributed by atoms with E-state index in [1.165, 1.54) is 42.2 Å². The fourth-order valence-corrected chi connectivity index (χ4v) is 4.12. The molecular formula is C20H23ClN2O3S. The zero-order valence-corrected chi connectivity index (χ0v) is 17.0. The van der Waals surface area contributed by atoms with Gasteiger partial charge in [0.2, 0.25) is 10.0 Å². The second-order valence-corrected chi connectivity index (χ2v) is 9.15. The number of rotatable bonds is 5. The summed E-state index contributed by atoms with van der Waals surface area (Å²) < 4.78 is 25.2. The number of carbonyl (C=O) groups excluding carboxylic acids is 1. The Balaban J connectivity index is 1.77. The number of amides is 1. The fourth-order valence-electron chi connectivity index (χ4n) is 3.36. The number of halogens is 1. The molecular weight excluding hydrogens is 384 g/mol. The first-order valence-electron chi connectivity index (χ1n) is 8.93. The van der Waals surface area contributed by atoms with Crippen molar-refractivity contribution < 1.29 is 13.2 Å². The SMILES string of the molecule is C[C@H](NC(=O)c1cc(NS(C)(=O)=O)ccc1Cl)c1ccc2c(c1)CCCC2. The second kappa shape index (κ2) is 7.90. The number of sulfonamides is 1. The summed E-state index contributed by atoms with van der Waals surface area (Å²) in [5, 5.41) is 3.22. The van der Waals surface area contributed by atoms with Crippen LogP contribution in [0, 0.1) is 0 Å². The molecule has 0 aliphatic heterocycles. The van der Waals surface area contributed by atoms with E-state index < -0.39 is 10.0 Å². The summed E-state index contributed by atoms with van der Waals surface area (Å²) in [6.45, 7) is 1.93. The highest BCUT2D eigenvalue weighted by Gasteiger charge is 2.17. The van der Waals surface area contributed by atoms with Crippen molar-refractivity contribution in [1.82, 2.24) is 5.32 Å². The molecule has 0 saturated heterocycles. The van der Waals surface area contributed by atoms with Gasteiger partial charge in [0, 0.05) is 5.69 Å². The molecule has 0 fully saturated rings. The summed E-state index contributed by atoms with van der Waals surface area (Å²) in [4.78, 5) is 12.7. The van der Waals surface area contributed by atoms with Gasteiger partial charge in [0.15, 0.2) is 0 Å². The van der Waals surface area contributed by atoms with Crippen molar-refractivity contribution in [3.63, 3.8) is 0 Å². The molecule has 2 aromatic carbocycles. The molecule has 0 radical (unpaired) electrons. The Hall–Kier alpha value is -2.05. The van der Waals surface area contributed by atoms with Crippen LogP contribution < -0.4 is 10.0 Å². The van der Waals surface area contributed by atoms with Crippen LogP contribution in [0.5, 0.6) is 0 Å². The van der Waals surface area contributed by atoms with E-state index in [9.17, 15) is 13.2 Å². The van der Waals surface area contributed by atoms with E-state index in [2.05, 4.69) is 28.2 Å². The van der Waals surface area contributed by atoms with E-state index in [1.807, 2.05) is 6.92 Å². The molecule has 0 spiro atoms. The molecule has 144 valence electrons. The maximum absolute atomic E-state index is 12.7. The van der Waals surface area contributed by atoms with Crippen LogP contribution in [0.25, 0.3) is 0 Å². The highest BCUT2D eigenvalue weighted by Crippen LogP contribution is 2.26. The number of anilines is 1. The maximum Gasteiger partial charge on any atom is 0.253 e. The predicted molar refractivity (Wildman–Crippen MR) is 109 cm³/mol. The molecule has 0 aromatic heterocycles. The number of aryl methyl sites for hydroxylation is 2. The van der Waals surface area contributed by atoms with Crippen molar-refractivity contribution in [2.75, 3.05) is 11.0 Å². The smallest absolute Gasteiger partial charge is 0.253 e. The van der Waals surface area contributed by atoms with Crippen molar-refractivity contribution in [3.8, 4) is 0 Å². The highest BCUT2D eigenvalue weighted by atomic mass is 35.5. The monoisotopic (exact) mass is 406 g/mol. The van der Waals surface area contributed by atoms with Crippen molar-refractivity contribution in [2.45, 2.75) is 38.6 Å². The van der Waals surface area contributed by atoms with Crippen LogP contribution in [-0.4, -0.2) is 20.6 Å². The first kappa shape index (κ1) is 19.7. The predicted octanol–water partition coefficient (Wildman–Crippen LogP) is 4.08. The van der Waals surface area contributed by atoms with Crippen molar-refractivity contribution in [1.29, 1.82) is 0 Å². The van der Waals surface area contributed by atoms with Gasteiger partial charge in [-0.15, -0.1) is 0 Å². The number of carbonyl (C=O) groups is 1. The molecule has 2 aromatic rings. The Bertz CT molecular complexity index is 973. The summed E-state index contributed by atoms with van der Waals surface area (Å²) in [5.41, 5.74) is 4.33. The summed E-state index contributed by atoms with van der Waals surface area (Å²) in [5.74, 6) is -0.345. The van der Waals surface area contributed by atoms with Gasteiger partial charge in [0.1, 0.15) is 0 Å². The maximum atomic E-state index is 12.7. The minimum atomic E-state index is -3.43. The van der Waals surface area contributed by atoms with Crippen LogP contribution >= 0.6 is 11.6 Å². The summed E-state index contributed by atoms with van der Waals surface area (Å²) in [7, 11) is -3.43. The lowest BCUT2D eigenvalue weighted by atomic mass is 9.89. The van der Waals surface area contributed by atoms with Crippen LogP contribution in [0.15, 0.2) is 36.4 Å². The first-order chi connectivity index (χ1) is 12.7. The minimum Gasteiger partial charge on any atom is -0.345 e. The highest BCUT2D eigenvalue weighted by molar-refractivity contribution is 7.92. The molecule has 1 aliphatic rings. The number of hydrogen-bond acceptors (Lipinski definition) is 3. The standard InChI is InChI=1S/C20H23ClN2O3S/c1-13(15-8-7-14-5-3-4-6-16(14)11-15)22-20(24)18-12-17(9-10-19(18)21)23-27(2,25)26/h7-13,23H,3-6H2,1-2H3,(H,22,24)/t13-/m0/s1. The summed E-state index contributed by atoms with van der Waals surface area (Å²) >= 11 is 6.15. The molecule has 0 unspecified atom stereocenters. The van der Waals surface area contributed by atoms with Crippen molar-refractivity contribution in [2.24, 2.45) is 0 Å². The van der Waals surface area contributed by atoms with Gasteiger partial charge in [-0.2, -0.15) is 0 Å². The largest absolute Gasteiger partial charge is 0.345 e. The third kappa shape index (κ3) is 5.02. The van der Waals surface area contributed by atoms with Crippen LogP contribution in [0.1, 0.15) is 52.9 Å². The molecule has 1 atom stereocenters. The van der Waals surface area contributed by atoms with Gasteiger partial charge in [0.05, 0.1) is 22.9 Å². The molecule has 2 N–H and O–H groups in total. The third-order valence-corrected chi connectivity index (χ3v) is 5.67. The molecule has 7 heteroatoms. The lowest BCUT2D eigenvalue weighted by molar-refractivity contribution is 0.0940. The zero-order chi connectivity index (χ0) is 19.6. The Morgan fingerprint density at radius 3 is 2.48 bits per heavy atom. The van der Waals surface area contributed by atoms with E-state index in [0.717, 1.165) is 24.7 Å². The van der Waals surface area contributed by atoms with Gasteiger partial charge in [0.25, 0.3) is 5.91 Å². The lowest BCUT2D eigenvalue weighted by Crippen LogP contribution is -2.27. The Kier molecular flexibility index (Phi) is 5.77. The average Bonchev–Trinajstić information content (AvgIpc) is 2.61. The molecule has 1 aliphatic carbocycles. The van der Waals surface area contributed by atoms with Crippen LogP contribution in [0.2, 0.25) is 5.02 Å². The molecule has 0 bridgehead atoms. The van der Waals surface area contributed by atoms with Crippen LogP contribution in [-0.2, 0) is 22.9 Å². The zero-order valence-electron chi connectivity index (χ0n) is 15.4. The number of hydrogen-bond donors (Lipinski definition) is 2. The Labute approximate surface area is 165 Å². The van der Waals surface area contributed by atoms with E-state index >= 15 is 0 Å². The van der Waals surface area contributed by atoms with E-state index in [0.29, 0.717) is 5.69 Å². The van der Waals surface area contributed by atoms with E-state index in [1.54, 1.807) is 0 Å². The van der Waals surface area contributed by atoms with Gasteiger partial charge < -0.3 is 5.32 Å². The van der Waals surface area contributed by atoms with Gasteiger partial charge in [-0.3, -0.25) is 9.52 Å².